The molecule has 0 aromatic heterocycles. The molecule has 1 saturated carbocycles. The smallest absolute Gasteiger partial charge is 0.237 e. The lowest BCUT2D eigenvalue weighted by Crippen LogP contribution is -2.42. The third kappa shape index (κ3) is 2.67. The highest BCUT2D eigenvalue weighted by atomic mass is 35.5. The summed E-state index contributed by atoms with van der Waals surface area (Å²) in [6.07, 6.45) is 4.53. The van der Waals surface area contributed by atoms with Gasteiger partial charge in [-0.05, 0) is 31.2 Å². The summed E-state index contributed by atoms with van der Waals surface area (Å²) in [6, 6.07) is 5.19. The van der Waals surface area contributed by atoms with Crippen LogP contribution in [0.5, 0.6) is 0 Å². The molecule has 2 aliphatic rings. The van der Waals surface area contributed by atoms with E-state index in [4.69, 9.17) is 11.6 Å². The minimum absolute atomic E-state index is 0.0428. The van der Waals surface area contributed by atoms with Crippen molar-refractivity contribution in [3.63, 3.8) is 0 Å². The summed E-state index contributed by atoms with van der Waals surface area (Å²) in [6.45, 7) is 0.179. The molecule has 1 aromatic rings. The van der Waals surface area contributed by atoms with E-state index in [2.05, 4.69) is 10.6 Å². The maximum absolute atomic E-state index is 13.7. The minimum atomic E-state index is -0.453. The van der Waals surface area contributed by atoms with Crippen molar-refractivity contribution in [1.82, 2.24) is 10.6 Å². The Hall–Kier alpha value is -1.13. The van der Waals surface area contributed by atoms with Gasteiger partial charge in [-0.25, -0.2) is 4.39 Å². The molecule has 3 nitrogen and oxygen atoms in total. The van der Waals surface area contributed by atoms with Gasteiger partial charge in [0.05, 0.1) is 11.1 Å². The summed E-state index contributed by atoms with van der Waals surface area (Å²) in [5.41, 5.74) is 0.420. The maximum Gasteiger partial charge on any atom is 0.237 e. The van der Waals surface area contributed by atoms with Gasteiger partial charge in [0.1, 0.15) is 5.82 Å². The van der Waals surface area contributed by atoms with Crippen LogP contribution in [0.1, 0.15) is 31.2 Å². The number of halogens is 2. The normalized spacial score (nSPS) is 28.4. The summed E-state index contributed by atoms with van der Waals surface area (Å²) in [7, 11) is 0. The Bertz CT molecular complexity index is 511. The molecular weight excluding hydrogens is 279 g/mol. The first-order valence-corrected chi connectivity index (χ1v) is 7.49. The lowest BCUT2D eigenvalue weighted by molar-refractivity contribution is -0.123. The fourth-order valence-electron chi connectivity index (χ4n) is 3.34. The topological polar surface area (TPSA) is 41.1 Å². The average molecular weight is 297 g/mol. The Morgan fingerprint density at radius 3 is 3.10 bits per heavy atom. The van der Waals surface area contributed by atoms with E-state index in [0.29, 0.717) is 17.5 Å². The van der Waals surface area contributed by atoms with Crippen molar-refractivity contribution >= 4 is 17.5 Å². The number of fused-ring (bicyclic) bond motifs is 1. The van der Waals surface area contributed by atoms with Crippen LogP contribution in [0.3, 0.4) is 0 Å². The van der Waals surface area contributed by atoms with Crippen molar-refractivity contribution in [1.29, 1.82) is 0 Å². The Balaban J connectivity index is 1.56. The van der Waals surface area contributed by atoms with Gasteiger partial charge in [0.15, 0.2) is 0 Å². The molecule has 0 spiro atoms. The van der Waals surface area contributed by atoms with Gasteiger partial charge in [0, 0.05) is 18.2 Å². The molecule has 1 amide bonds. The number of amides is 1. The van der Waals surface area contributed by atoms with Crippen molar-refractivity contribution in [2.75, 3.05) is 0 Å². The number of rotatable bonds is 3. The van der Waals surface area contributed by atoms with E-state index >= 15 is 0 Å². The molecule has 1 heterocycles. The van der Waals surface area contributed by atoms with Crippen LogP contribution in [-0.2, 0) is 11.3 Å². The number of hydrogen-bond acceptors (Lipinski definition) is 2. The molecule has 20 heavy (non-hydrogen) atoms. The van der Waals surface area contributed by atoms with Gasteiger partial charge in [-0.15, -0.1) is 0 Å². The van der Waals surface area contributed by atoms with Gasteiger partial charge in [-0.2, -0.15) is 0 Å². The van der Waals surface area contributed by atoms with E-state index in [1.165, 1.54) is 18.9 Å². The first-order chi connectivity index (χ1) is 9.65. The molecule has 2 fully saturated rings. The molecular formula is C15H18ClFN2O. The molecule has 108 valence electrons. The average Bonchev–Trinajstić information content (AvgIpc) is 3.01. The summed E-state index contributed by atoms with van der Waals surface area (Å²) in [5, 5.41) is 6.27. The Labute approximate surface area is 122 Å². The summed E-state index contributed by atoms with van der Waals surface area (Å²) >= 11 is 5.72. The fourth-order valence-corrected chi connectivity index (χ4v) is 3.53. The SMILES string of the molecule is O=C(NCc1cccc(Cl)c1F)C1CC2CCCC2N1. The van der Waals surface area contributed by atoms with Crippen LogP contribution in [0.15, 0.2) is 18.2 Å². The maximum atomic E-state index is 13.7. The minimum Gasteiger partial charge on any atom is -0.351 e. The highest BCUT2D eigenvalue weighted by Crippen LogP contribution is 2.34. The van der Waals surface area contributed by atoms with E-state index in [-0.39, 0.29) is 23.5 Å². The van der Waals surface area contributed by atoms with Crippen molar-refractivity contribution in [2.24, 2.45) is 5.92 Å². The van der Waals surface area contributed by atoms with Gasteiger partial charge in [-0.1, -0.05) is 30.2 Å². The zero-order valence-electron chi connectivity index (χ0n) is 11.2. The molecule has 3 unspecified atom stereocenters. The van der Waals surface area contributed by atoms with Gasteiger partial charge >= 0.3 is 0 Å². The lowest BCUT2D eigenvalue weighted by atomic mass is 10.0. The number of carbonyl (C=O) groups is 1. The zero-order valence-corrected chi connectivity index (χ0v) is 11.9. The van der Waals surface area contributed by atoms with Crippen LogP contribution < -0.4 is 10.6 Å². The molecule has 3 atom stereocenters. The predicted molar refractivity (Wildman–Crippen MR) is 75.9 cm³/mol. The Kier molecular flexibility index (Phi) is 3.94. The van der Waals surface area contributed by atoms with Gasteiger partial charge in [0.2, 0.25) is 5.91 Å². The standard InChI is InChI=1S/C15H18ClFN2O/c16-11-5-1-4-10(14(11)17)8-18-15(20)13-7-9-3-2-6-12(9)19-13/h1,4-5,9,12-13,19H,2-3,6-8H2,(H,18,20). The zero-order chi connectivity index (χ0) is 14.1. The third-order valence-corrected chi connectivity index (χ3v) is 4.71. The van der Waals surface area contributed by atoms with Gasteiger partial charge in [-0.3, -0.25) is 4.79 Å². The monoisotopic (exact) mass is 296 g/mol. The van der Waals surface area contributed by atoms with Crippen LogP contribution in [-0.4, -0.2) is 18.0 Å². The van der Waals surface area contributed by atoms with Crippen molar-refractivity contribution < 1.29 is 9.18 Å². The van der Waals surface area contributed by atoms with Gasteiger partial charge < -0.3 is 10.6 Å². The highest BCUT2D eigenvalue weighted by molar-refractivity contribution is 6.30. The van der Waals surface area contributed by atoms with Crippen LogP contribution in [0, 0.1) is 11.7 Å². The summed E-state index contributed by atoms with van der Waals surface area (Å²) in [4.78, 5) is 12.1. The molecule has 5 heteroatoms. The number of benzene rings is 1. The van der Waals surface area contributed by atoms with Crippen LogP contribution in [0.25, 0.3) is 0 Å². The molecule has 0 radical (unpaired) electrons. The quantitative estimate of drug-likeness (QED) is 0.900. The predicted octanol–water partition coefficient (Wildman–Crippen LogP) is 2.63. The van der Waals surface area contributed by atoms with Crippen molar-refractivity contribution in [3.8, 4) is 0 Å². The fraction of sp³-hybridized carbons (Fsp3) is 0.533. The molecule has 1 aromatic carbocycles. The first-order valence-electron chi connectivity index (χ1n) is 7.12. The Morgan fingerprint density at radius 2 is 2.30 bits per heavy atom. The lowest BCUT2D eigenvalue weighted by Gasteiger charge is -2.13. The summed E-state index contributed by atoms with van der Waals surface area (Å²) < 4.78 is 13.7. The molecule has 1 saturated heterocycles. The second kappa shape index (κ2) is 5.70. The Morgan fingerprint density at radius 1 is 1.45 bits per heavy atom. The third-order valence-electron chi connectivity index (χ3n) is 4.41. The molecule has 0 bridgehead atoms. The van der Waals surface area contributed by atoms with E-state index < -0.39 is 5.82 Å². The number of carbonyl (C=O) groups excluding carboxylic acids is 1. The molecule has 2 N–H and O–H groups in total. The van der Waals surface area contributed by atoms with Crippen LogP contribution in [0.2, 0.25) is 5.02 Å². The van der Waals surface area contributed by atoms with E-state index in [9.17, 15) is 9.18 Å². The molecule has 1 aliphatic carbocycles. The molecule has 3 rings (SSSR count). The number of nitrogens with one attached hydrogen (secondary N) is 2. The van der Waals surface area contributed by atoms with Gasteiger partial charge in [0.25, 0.3) is 0 Å². The van der Waals surface area contributed by atoms with Crippen molar-refractivity contribution in [2.45, 2.75) is 44.3 Å². The summed E-state index contributed by atoms with van der Waals surface area (Å²) in [5.74, 6) is 0.137. The van der Waals surface area contributed by atoms with E-state index in [1.807, 2.05) is 0 Å². The van der Waals surface area contributed by atoms with E-state index in [1.54, 1.807) is 12.1 Å². The second-order valence-corrected chi connectivity index (χ2v) is 6.09. The first kappa shape index (κ1) is 13.8. The number of hydrogen-bond donors (Lipinski definition) is 2. The van der Waals surface area contributed by atoms with Crippen LogP contribution in [0.4, 0.5) is 4.39 Å². The largest absolute Gasteiger partial charge is 0.351 e. The van der Waals surface area contributed by atoms with E-state index in [0.717, 1.165) is 12.8 Å². The highest BCUT2D eigenvalue weighted by Gasteiger charge is 2.39. The van der Waals surface area contributed by atoms with Crippen molar-refractivity contribution in [3.05, 3.63) is 34.6 Å². The van der Waals surface area contributed by atoms with Crippen LogP contribution >= 0.6 is 11.6 Å². The molecule has 1 aliphatic heterocycles. The second-order valence-electron chi connectivity index (χ2n) is 5.68.